The third kappa shape index (κ3) is 4.73. The Balaban J connectivity index is 2.82. The molecule has 0 aliphatic rings. The van der Waals surface area contributed by atoms with E-state index in [0.29, 0.717) is 9.59 Å². The van der Waals surface area contributed by atoms with Crippen molar-refractivity contribution in [2.45, 2.75) is 45.6 Å². The second-order valence-electron chi connectivity index (χ2n) is 6.88. The maximum absolute atomic E-state index is 13.1. The molecule has 28 heavy (non-hydrogen) atoms. The monoisotopic (exact) mass is 407 g/mol. The molecule has 0 radical (unpaired) electrons. The van der Waals surface area contributed by atoms with Gasteiger partial charge in [-0.25, -0.2) is 4.79 Å². The van der Waals surface area contributed by atoms with E-state index in [0.717, 1.165) is 12.3 Å². The molecule has 0 saturated carbocycles. The first-order valence-corrected chi connectivity index (χ1v) is 8.64. The van der Waals surface area contributed by atoms with Crippen LogP contribution in [0.3, 0.4) is 0 Å². The molecule has 0 amide bonds. The zero-order chi connectivity index (χ0) is 25.4. The summed E-state index contributed by atoms with van der Waals surface area (Å²) in [5.41, 5.74) is -1.35. The van der Waals surface area contributed by atoms with E-state index in [9.17, 15) is 14.9 Å². The topological polar surface area (TPSA) is 81.3 Å². The second kappa shape index (κ2) is 8.49. The molecule has 0 aliphatic carbocycles. The molecule has 0 saturated heterocycles. The molecule has 2 aromatic rings. The van der Waals surface area contributed by atoms with Gasteiger partial charge in [-0.05, 0) is 45.3 Å². The average molecular weight is 408 g/mol. The minimum Gasteiger partial charge on any atom is -0.495 e. The molecule has 0 aliphatic heterocycles. The molecule has 0 N–H and O–H groups in total. The summed E-state index contributed by atoms with van der Waals surface area (Å²) in [5, 5.41) is 9.73. The van der Waals surface area contributed by atoms with Crippen molar-refractivity contribution in [3.63, 3.8) is 0 Å². The summed E-state index contributed by atoms with van der Waals surface area (Å²) in [6, 6.07) is 5.28. The lowest BCUT2D eigenvalue weighted by atomic mass is 10.00. The first kappa shape index (κ1) is 15.2. The lowest BCUT2D eigenvalue weighted by molar-refractivity contribution is -0.159. The van der Waals surface area contributed by atoms with Crippen molar-refractivity contribution in [2.24, 2.45) is 0 Å². The average Bonchev–Trinajstić information content (AvgIpc) is 2.66. The summed E-state index contributed by atoms with van der Waals surface area (Å²) >= 11 is 6.05. The van der Waals surface area contributed by atoms with Gasteiger partial charge in [-0.15, -0.1) is 0 Å². The van der Waals surface area contributed by atoms with Gasteiger partial charge in [0, 0.05) is 29.1 Å². The fourth-order valence-corrected chi connectivity index (χ4v) is 2.71. The van der Waals surface area contributed by atoms with Crippen LogP contribution in [0.1, 0.15) is 52.5 Å². The number of esters is 1. The summed E-state index contributed by atoms with van der Waals surface area (Å²) in [7, 11) is 1.27. The minimum atomic E-state index is -3.26. The highest BCUT2D eigenvalue weighted by Crippen LogP contribution is 2.33. The van der Waals surface area contributed by atoms with Crippen LogP contribution < -0.4 is 10.3 Å². The van der Waals surface area contributed by atoms with Gasteiger partial charge in [0.05, 0.1) is 24.9 Å². The number of carbonyl (C=O) groups excluding carboxylic acids is 1. The Morgan fingerprint density at radius 1 is 1.39 bits per heavy atom. The molecule has 1 unspecified atom stereocenters. The van der Waals surface area contributed by atoms with Gasteiger partial charge in [0.15, 0.2) is 0 Å². The zero-order valence-corrected chi connectivity index (χ0v) is 16.6. The Hall–Kier alpha value is -2.78. The number of rotatable bonds is 5. The van der Waals surface area contributed by atoms with E-state index in [1.54, 1.807) is 0 Å². The number of nitriles is 1. The number of carbonyl (C=O) groups is 1. The third-order valence-corrected chi connectivity index (χ3v) is 3.94. The largest absolute Gasteiger partial charge is 0.495 e. The van der Waals surface area contributed by atoms with Crippen LogP contribution in [0.2, 0.25) is 5.02 Å². The van der Waals surface area contributed by atoms with E-state index in [2.05, 4.69) is 0 Å². The molecule has 7 heteroatoms. The predicted octanol–water partition coefficient (Wildman–Crippen LogP) is 4.34. The molecule has 0 bridgehead atoms. The van der Waals surface area contributed by atoms with Crippen LogP contribution in [0.25, 0.3) is 11.1 Å². The van der Waals surface area contributed by atoms with E-state index >= 15 is 0 Å². The minimum absolute atomic E-state index is 0.0109. The molecular weight excluding hydrogens is 380 g/mol. The molecule has 1 atom stereocenters. The van der Waals surface area contributed by atoms with Gasteiger partial charge in [0.1, 0.15) is 17.4 Å². The van der Waals surface area contributed by atoms with Gasteiger partial charge in [-0.1, -0.05) is 18.5 Å². The second-order valence-corrected chi connectivity index (χ2v) is 7.32. The van der Waals surface area contributed by atoms with Gasteiger partial charge in [0.2, 0.25) is 0 Å². The van der Waals surface area contributed by atoms with Gasteiger partial charge < -0.3 is 9.47 Å². The first-order chi connectivity index (χ1) is 15.0. The van der Waals surface area contributed by atoms with Crippen LogP contribution >= 0.6 is 11.6 Å². The van der Waals surface area contributed by atoms with Crippen molar-refractivity contribution in [3.05, 3.63) is 51.4 Å². The number of pyridine rings is 1. The van der Waals surface area contributed by atoms with Gasteiger partial charge in [0.25, 0.3) is 5.56 Å². The Kier molecular flexibility index (Phi) is 4.60. The number of aromatic nitrogens is 1. The number of ether oxygens (including phenoxy) is 2. The number of nitrogens with zero attached hydrogens (tertiary/aromatic N) is 2. The van der Waals surface area contributed by atoms with E-state index in [1.165, 1.54) is 46.1 Å². The fourth-order valence-electron chi connectivity index (χ4n) is 2.54. The molecular formula is C21H23ClN2O4. The summed E-state index contributed by atoms with van der Waals surface area (Å²) in [6.07, 6.45) is -2.14. The molecule has 1 aromatic heterocycles. The highest BCUT2D eigenvalue weighted by molar-refractivity contribution is 6.31. The Morgan fingerprint density at radius 3 is 2.68 bits per heavy atom. The van der Waals surface area contributed by atoms with E-state index in [-0.39, 0.29) is 22.4 Å². The third-order valence-electron chi connectivity index (χ3n) is 3.70. The van der Waals surface area contributed by atoms with E-state index in [4.69, 9.17) is 27.9 Å². The molecule has 148 valence electrons. The Bertz CT molecular complexity index is 1160. The Morgan fingerprint density at radius 2 is 2.11 bits per heavy atom. The Labute approximate surface area is 176 Å². The maximum atomic E-state index is 13.1. The quantitative estimate of drug-likeness (QED) is 0.688. The maximum Gasteiger partial charge on any atom is 0.329 e. The molecule has 1 heterocycles. The summed E-state index contributed by atoms with van der Waals surface area (Å²) in [6.45, 7) is 1.33. The first-order valence-electron chi connectivity index (χ1n) is 10.8. The molecule has 0 spiro atoms. The summed E-state index contributed by atoms with van der Waals surface area (Å²) < 4.78 is 50.4. The van der Waals surface area contributed by atoms with Crippen molar-refractivity contribution in [3.8, 4) is 22.9 Å². The molecule has 1 aromatic carbocycles. The predicted molar refractivity (Wildman–Crippen MR) is 108 cm³/mol. The lowest BCUT2D eigenvalue weighted by Crippen LogP contribution is -2.34. The number of hydrogen-bond donors (Lipinski definition) is 0. The van der Waals surface area contributed by atoms with Crippen molar-refractivity contribution < 1.29 is 21.1 Å². The number of hydrogen-bond acceptors (Lipinski definition) is 5. The van der Waals surface area contributed by atoms with Crippen LogP contribution in [0.15, 0.2) is 35.3 Å². The highest BCUT2D eigenvalue weighted by atomic mass is 35.5. The van der Waals surface area contributed by atoms with Crippen molar-refractivity contribution in [2.75, 3.05) is 7.11 Å². The fraction of sp³-hybridized carbons (Fsp3) is 0.381. The van der Waals surface area contributed by atoms with Crippen molar-refractivity contribution in [1.29, 1.82) is 5.26 Å². The summed E-state index contributed by atoms with van der Waals surface area (Å²) in [5.74, 6) is -1.25. The smallest absolute Gasteiger partial charge is 0.329 e. The van der Waals surface area contributed by atoms with Crippen molar-refractivity contribution >= 4 is 17.6 Å². The van der Waals surface area contributed by atoms with Crippen LogP contribution in [0.5, 0.6) is 5.75 Å². The number of benzene rings is 1. The SMILES string of the molecule is [2H]C([2H])([2H])C([2H])([2H])C(C(=O)OC(C)(C)C)n1cc(OC)c(-c2cc(Cl)ccc2C#N)cc1=O. The van der Waals surface area contributed by atoms with Gasteiger partial charge in [-0.3, -0.25) is 9.36 Å². The lowest BCUT2D eigenvalue weighted by Gasteiger charge is -2.25. The van der Waals surface area contributed by atoms with Crippen LogP contribution in [0, 0.1) is 11.3 Å². The van der Waals surface area contributed by atoms with E-state index in [1.807, 2.05) is 6.07 Å². The standard InChI is InChI=1S/C21H23ClN2O4/c1-6-17(20(26)28-21(2,3)4)24-12-18(27-5)16(10-19(24)25)15-9-14(22)8-7-13(15)11-23/h7-10,12,17H,6H2,1-5H3/i1D3,6D2. The van der Waals surface area contributed by atoms with Gasteiger partial charge in [-0.2, -0.15) is 5.26 Å². The molecule has 2 rings (SSSR count). The highest BCUT2D eigenvalue weighted by Gasteiger charge is 2.27. The van der Waals surface area contributed by atoms with Gasteiger partial charge >= 0.3 is 5.97 Å². The molecule has 6 nitrogen and oxygen atoms in total. The number of halogens is 1. The summed E-state index contributed by atoms with van der Waals surface area (Å²) in [4.78, 5) is 26.0. The van der Waals surface area contributed by atoms with Crippen LogP contribution in [-0.4, -0.2) is 23.2 Å². The van der Waals surface area contributed by atoms with Crippen LogP contribution in [0.4, 0.5) is 0 Å². The normalized spacial score (nSPS) is 15.8. The van der Waals surface area contributed by atoms with Crippen LogP contribution in [-0.2, 0) is 9.53 Å². The zero-order valence-electron chi connectivity index (χ0n) is 20.9. The van der Waals surface area contributed by atoms with E-state index < -0.39 is 36.4 Å². The van der Waals surface area contributed by atoms with Crippen molar-refractivity contribution in [1.82, 2.24) is 4.57 Å². The molecule has 0 fully saturated rings. The number of methoxy groups -OCH3 is 1.